The van der Waals surface area contributed by atoms with E-state index in [9.17, 15) is 13.5 Å². The van der Waals surface area contributed by atoms with E-state index in [1.807, 2.05) is 12.1 Å². The quantitative estimate of drug-likeness (QED) is 0.747. The lowest BCUT2D eigenvalue weighted by atomic mass is 10.1. The minimum Gasteiger partial charge on any atom is -0.491 e. The first-order valence-corrected chi connectivity index (χ1v) is 11.7. The third-order valence-corrected chi connectivity index (χ3v) is 7.61. The number of hydrogen-bond donors (Lipinski definition) is 1. The van der Waals surface area contributed by atoms with E-state index in [4.69, 9.17) is 4.74 Å². The first-order valence-electron chi connectivity index (χ1n) is 10.2. The monoisotopic (exact) mass is 416 g/mol. The van der Waals surface area contributed by atoms with Crippen LogP contribution in [-0.4, -0.2) is 68.2 Å². The first-order chi connectivity index (χ1) is 14.0. The van der Waals surface area contributed by atoms with Gasteiger partial charge in [-0.1, -0.05) is 24.3 Å². The zero-order chi connectivity index (χ0) is 20.3. The number of rotatable bonds is 7. The number of fused-ring (bicyclic) bond motifs is 1. The molecule has 1 atom stereocenters. The minimum absolute atomic E-state index is 0.237. The lowest BCUT2D eigenvalue weighted by molar-refractivity contribution is 0.0569. The number of nitrogens with zero attached hydrogens (tertiary/aromatic N) is 2. The van der Waals surface area contributed by atoms with E-state index in [0.717, 1.165) is 18.6 Å². The van der Waals surface area contributed by atoms with Gasteiger partial charge in [-0.05, 0) is 54.7 Å². The third-order valence-electron chi connectivity index (χ3n) is 5.69. The predicted octanol–water partition coefficient (Wildman–Crippen LogP) is 1.92. The van der Waals surface area contributed by atoms with Crippen LogP contribution >= 0.6 is 0 Å². The van der Waals surface area contributed by atoms with Gasteiger partial charge < -0.3 is 9.84 Å². The summed E-state index contributed by atoms with van der Waals surface area (Å²) < 4.78 is 32.7. The summed E-state index contributed by atoms with van der Waals surface area (Å²) in [6, 6.07) is 14.7. The highest BCUT2D eigenvalue weighted by Crippen LogP contribution is 2.26. The van der Waals surface area contributed by atoms with Crippen molar-refractivity contribution in [2.45, 2.75) is 30.3 Å². The van der Waals surface area contributed by atoms with Crippen LogP contribution in [0.25, 0.3) is 0 Å². The summed E-state index contributed by atoms with van der Waals surface area (Å²) in [6.07, 6.45) is 2.84. The Morgan fingerprint density at radius 2 is 1.69 bits per heavy atom. The van der Waals surface area contributed by atoms with Gasteiger partial charge in [-0.3, -0.25) is 4.90 Å². The van der Waals surface area contributed by atoms with Gasteiger partial charge in [-0.25, -0.2) is 8.42 Å². The standard InChI is InChI=1S/C22H28N2O4S/c25-20(17-28-21-10-9-18-5-4-6-19(18)15-21)16-23-11-13-24(14-12-23)29(26,27)22-7-2-1-3-8-22/h1-3,7-10,15,20,25H,4-6,11-14,16-17H2/t20-/m0/s1. The van der Waals surface area contributed by atoms with Gasteiger partial charge in [0, 0.05) is 32.7 Å². The van der Waals surface area contributed by atoms with Crippen molar-refractivity contribution in [3.63, 3.8) is 0 Å². The van der Waals surface area contributed by atoms with E-state index in [2.05, 4.69) is 17.0 Å². The molecule has 0 bridgehead atoms. The Labute approximate surface area is 172 Å². The maximum Gasteiger partial charge on any atom is 0.243 e. The fraction of sp³-hybridized carbons (Fsp3) is 0.455. The van der Waals surface area contributed by atoms with E-state index in [-0.39, 0.29) is 6.61 Å². The molecule has 0 aromatic heterocycles. The summed E-state index contributed by atoms with van der Waals surface area (Å²) >= 11 is 0. The summed E-state index contributed by atoms with van der Waals surface area (Å²) in [5.41, 5.74) is 2.76. The van der Waals surface area contributed by atoms with Crippen LogP contribution in [0.1, 0.15) is 17.5 Å². The van der Waals surface area contributed by atoms with Crippen molar-refractivity contribution < 1.29 is 18.3 Å². The van der Waals surface area contributed by atoms with Crippen molar-refractivity contribution in [1.29, 1.82) is 0 Å². The second kappa shape index (κ2) is 8.83. The smallest absolute Gasteiger partial charge is 0.243 e. The van der Waals surface area contributed by atoms with E-state index in [0.29, 0.717) is 37.6 Å². The van der Waals surface area contributed by atoms with Gasteiger partial charge in [-0.2, -0.15) is 4.31 Å². The normalized spacial score (nSPS) is 19.1. The van der Waals surface area contributed by atoms with Crippen LogP contribution in [0.4, 0.5) is 0 Å². The number of β-amino-alcohol motifs (C(OH)–C–C–N with tert-alkyl or cyclic N) is 1. The van der Waals surface area contributed by atoms with E-state index in [1.54, 1.807) is 24.3 Å². The van der Waals surface area contributed by atoms with E-state index >= 15 is 0 Å². The number of sulfonamides is 1. The number of aliphatic hydroxyl groups is 1. The highest BCUT2D eigenvalue weighted by atomic mass is 32.2. The molecule has 2 aromatic carbocycles. The van der Waals surface area contributed by atoms with Crippen LogP contribution in [0.3, 0.4) is 0 Å². The van der Waals surface area contributed by atoms with Crippen LogP contribution in [0, 0.1) is 0 Å². The van der Waals surface area contributed by atoms with Gasteiger partial charge in [0.15, 0.2) is 0 Å². The van der Waals surface area contributed by atoms with Gasteiger partial charge >= 0.3 is 0 Å². The highest BCUT2D eigenvalue weighted by Gasteiger charge is 2.29. The number of ether oxygens (including phenoxy) is 1. The fourth-order valence-corrected chi connectivity index (χ4v) is 5.52. The molecule has 2 aliphatic rings. The van der Waals surface area contributed by atoms with Crippen LogP contribution in [0.5, 0.6) is 5.75 Å². The van der Waals surface area contributed by atoms with Crippen molar-refractivity contribution in [3.8, 4) is 5.75 Å². The van der Waals surface area contributed by atoms with Gasteiger partial charge in [-0.15, -0.1) is 0 Å². The molecule has 0 saturated carbocycles. The van der Waals surface area contributed by atoms with Gasteiger partial charge in [0.2, 0.25) is 10.0 Å². The van der Waals surface area contributed by atoms with Gasteiger partial charge in [0.1, 0.15) is 18.5 Å². The number of hydrogen-bond acceptors (Lipinski definition) is 5. The molecule has 0 radical (unpaired) electrons. The highest BCUT2D eigenvalue weighted by molar-refractivity contribution is 7.89. The average Bonchev–Trinajstić information content (AvgIpc) is 3.21. The van der Waals surface area contributed by atoms with Crippen LogP contribution in [0.15, 0.2) is 53.4 Å². The van der Waals surface area contributed by atoms with Gasteiger partial charge in [0.25, 0.3) is 0 Å². The Morgan fingerprint density at radius 3 is 2.45 bits per heavy atom. The third kappa shape index (κ3) is 4.80. The molecule has 1 aliphatic carbocycles. The Hall–Kier alpha value is -1.93. The SMILES string of the molecule is O=S(=O)(c1ccccc1)N1CCN(C[C@H](O)COc2ccc3c(c2)CCC3)CC1. The maximum absolute atomic E-state index is 12.7. The zero-order valence-electron chi connectivity index (χ0n) is 16.5. The lowest BCUT2D eigenvalue weighted by Crippen LogP contribution is -2.50. The topological polar surface area (TPSA) is 70.1 Å². The Kier molecular flexibility index (Phi) is 6.20. The Morgan fingerprint density at radius 1 is 0.966 bits per heavy atom. The molecule has 7 heteroatoms. The number of benzene rings is 2. The van der Waals surface area contributed by atoms with Crippen molar-refractivity contribution >= 4 is 10.0 Å². The maximum atomic E-state index is 12.7. The summed E-state index contributed by atoms with van der Waals surface area (Å²) in [6.45, 7) is 2.76. The van der Waals surface area contributed by atoms with Crippen molar-refractivity contribution in [2.24, 2.45) is 0 Å². The molecule has 0 spiro atoms. The molecule has 6 nitrogen and oxygen atoms in total. The van der Waals surface area contributed by atoms with Crippen molar-refractivity contribution in [3.05, 3.63) is 59.7 Å². The second-order valence-corrected chi connectivity index (χ2v) is 9.70. The van der Waals surface area contributed by atoms with Crippen LogP contribution in [0.2, 0.25) is 0 Å². The molecule has 29 heavy (non-hydrogen) atoms. The predicted molar refractivity (Wildman–Crippen MR) is 112 cm³/mol. The van der Waals surface area contributed by atoms with E-state index in [1.165, 1.54) is 21.9 Å². The fourth-order valence-electron chi connectivity index (χ4n) is 4.08. The molecule has 1 N–H and O–H groups in total. The molecule has 4 rings (SSSR count). The number of piperazine rings is 1. The van der Waals surface area contributed by atoms with Crippen LogP contribution in [-0.2, 0) is 22.9 Å². The average molecular weight is 417 g/mol. The molecule has 156 valence electrons. The minimum atomic E-state index is -3.45. The largest absolute Gasteiger partial charge is 0.491 e. The van der Waals surface area contributed by atoms with E-state index < -0.39 is 16.1 Å². The molecule has 0 amide bonds. The summed E-state index contributed by atoms with van der Waals surface area (Å²) in [5.74, 6) is 0.809. The molecule has 0 unspecified atom stereocenters. The molecular weight excluding hydrogens is 388 g/mol. The molecule has 1 aliphatic heterocycles. The zero-order valence-corrected chi connectivity index (χ0v) is 17.4. The Balaban J connectivity index is 1.24. The van der Waals surface area contributed by atoms with Crippen molar-refractivity contribution in [2.75, 3.05) is 39.3 Å². The molecule has 1 heterocycles. The molecule has 1 fully saturated rings. The lowest BCUT2D eigenvalue weighted by Gasteiger charge is -2.34. The number of aliphatic hydroxyl groups excluding tert-OH is 1. The molecule has 2 aromatic rings. The second-order valence-electron chi connectivity index (χ2n) is 7.77. The Bertz CT molecular complexity index is 925. The number of aryl methyl sites for hydroxylation is 2. The van der Waals surface area contributed by atoms with Crippen LogP contribution < -0.4 is 4.74 Å². The molecular formula is C22H28N2O4S. The first kappa shape index (κ1) is 20.3. The summed E-state index contributed by atoms with van der Waals surface area (Å²) in [7, 11) is -3.45. The molecule has 1 saturated heterocycles. The summed E-state index contributed by atoms with van der Waals surface area (Å²) in [5, 5.41) is 10.4. The van der Waals surface area contributed by atoms with Crippen molar-refractivity contribution in [1.82, 2.24) is 9.21 Å². The summed E-state index contributed by atoms with van der Waals surface area (Å²) in [4.78, 5) is 2.42. The van der Waals surface area contributed by atoms with Gasteiger partial charge in [0.05, 0.1) is 4.90 Å².